The van der Waals surface area contributed by atoms with Gasteiger partial charge in [0, 0.05) is 23.7 Å². The Balaban J connectivity index is 1.62. The third kappa shape index (κ3) is 5.17. The van der Waals surface area contributed by atoms with Gasteiger partial charge in [-0.05, 0) is 63.0 Å². The van der Waals surface area contributed by atoms with Gasteiger partial charge < -0.3 is 19.7 Å². The van der Waals surface area contributed by atoms with E-state index in [-0.39, 0.29) is 0 Å². The Labute approximate surface area is 210 Å². The van der Waals surface area contributed by atoms with Crippen LogP contribution in [0.1, 0.15) is 30.9 Å². The van der Waals surface area contributed by atoms with Crippen molar-refractivity contribution < 1.29 is 9.47 Å². The highest BCUT2D eigenvalue weighted by atomic mass is 35.5. The molecule has 0 saturated carbocycles. The predicted molar refractivity (Wildman–Crippen MR) is 138 cm³/mol. The van der Waals surface area contributed by atoms with Crippen LogP contribution in [-0.2, 0) is 0 Å². The summed E-state index contributed by atoms with van der Waals surface area (Å²) in [5.41, 5.74) is 3.34. The quantitative estimate of drug-likeness (QED) is 0.396. The SMILES string of the molecule is CCN1CCC(COc2cc3ncc(C#N)c(Nc4cc(OC)c(Cl)cc4Cl)c3cc2C)CC1. The summed E-state index contributed by atoms with van der Waals surface area (Å²) in [4.78, 5) is 6.99. The number of aromatic nitrogens is 1. The first-order valence-corrected chi connectivity index (χ1v) is 12.2. The van der Waals surface area contributed by atoms with Crippen LogP contribution in [0.5, 0.6) is 11.5 Å². The van der Waals surface area contributed by atoms with Crippen molar-refractivity contribution >= 4 is 45.5 Å². The molecular formula is C26H28Cl2N4O2. The van der Waals surface area contributed by atoms with Gasteiger partial charge in [0.2, 0.25) is 0 Å². The summed E-state index contributed by atoms with van der Waals surface area (Å²) in [6.45, 7) is 8.29. The number of fused-ring (bicyclic) bond motifs is 1. The maximum absolute atomic E-state index is 9.72. The molecule has 1 fully saturated rings. The Morgan fingerprint density at radius 1 is 1.15 bits per heavy atom. The number of pyridine rings is 1. The number of anilines is 2. The average Bonchev–Trinajstić information content (AvgIpc) is 2.85. The fraction of sp³-hybridized carbons (Fsp3) is 0.385. The van der Waals surface area contributed by atoms with E-state index in [0.717, 1.165) is 54.7 Å². The van der Waals surface area contributed by atoms with Crippen LogP contribution >= 0.6 is 23.2 Å². The number of nitrogens with zero attached hydrogens (tertiary/aromatic N) is 3. The average molecular weight is 499 g/mol. The molecule has 1 N–H and O–H groups in total. The third-order valence-electron chi connectivity index (χ3n) is 6.42. The molecule has 3 aromatic rings. The zero-order valence-electron chi connectivity index (χ0n) is 19.6. The smallest absolute Gasteiger partial charge is 0.139 e. The molecule has 6 nitrogen and oxygen atoms in total. The van der Waals surface area contributed by atoms with Gasteiger partial charge in [-0.3, -0.25) is 4.98 Å². The Bertz CT molecular complexity index is 1230. The number of aryl methyl sites for hydroxylation is 1. The van der Waals surface area contributed by atoms with Gasteiger partial charge in [-0.2, -0.15) is 5.26 Å². The van der Waals surface area contributed by atoms with E-state index in [4.69, 9.17) is 32.7 Å². The first kappa shape index (κ1) is 24.4. The highest BCUT2D eigenvalue weighted by Crippen LogP contribution is 2.39. The van der Waals surface area contributed by atoms with Crippen LogP contribution in [-0.4, -0.2) is 43.2 Å². The second kappa shape index (κ2) is 10.7. The molecule has 8 heteroatoms. The van der Waals surface area contributed by atoms with Gasteiger partial charge in [0.15, 0.2) is 0 Å². The molecule has 1 saturated heterocycles. The van der Waals surface area contributed by atoms with Crippen LogP contribution in [0.15, 0.2) is 30.5 Å². The fourth-order valence-corrected chi connectivity index (χ4v) is 4.80. The summed E-state index contributed by atoms with van der Waals surface area (Å²) in [6.07, 6.45) is 3.87. The van der Waals surface area contributed by atoms with E-state index in [2.05, 4.69) is 28.2 Å². The largest absolute Gasteiger partial charge is 0.495 e. The first-order chi connectivity index (χ1) is 16.4. The highest BCUT2D eigenvalue weighted by Gasteiger charge is 2.20. The number of nitrogens with one attached hydrogen (secondary N) is 1. The second-order valence-corrected chi connectivity index (χ2v) is 9.39. The van der Waals surface area contributed by atoms with Gasteiger partial charge >= 0.3 is 0 Å². The van der Waals surface area contributed by atoms with Crippen molar-refractivity contribution in [2.75, 3.05) is 38.7 Å². The van der Waals surface area contributed by atoms with Gasteiger partial charge in [-0.1, -0.05) is 30.1 Å². The summed E-state index contributed by atoms with van der Waals surface area (Å²) >= 11 is 12.6. The van der Waals surface area contributed by atoms with Gasteiger partial charge in [0.1, 0.15) is 17.6 Å². The molecule has 0 bridgehead atoms. The Morgan fingerprint density at radius 3 is 2.59 bits per heavy atom. The van der Waals surface area contributed by atoms with Gasteiger partial charge in [-0.25, -0.2) is 0 Å². The fourth-order valence-electron chi connectivity index (χ4n) is 4.30. The lowest BCUT2D eigenvalue weighted by Crippen LogP contribution is -2.35. The lowest BCUT2D eigenvalue weighted by molar-refractivity contribution is 0.145. The minimum absolute atomic E-state index is 0.410. The summed E-state index contributed by atoms with van der Waals surface area (Å²) < 4.78 is 11.6. The van der Waals surface area contributed by atoms with Gasteiger partial charge in [0.25, 0.3) is 0 Å². The number of benzene rings is 2. The van der Waals surface area contributed by atoms with E-state index in [1.165, 1.54) is 0 Å². The number of halogens is 2. The molecule has 0 amide bonds. The maximum Gasteiger partial charge on any atom is 0.139 e. The van der Waals surface area contributed by atoms with E-state index in [9.17, 15) is 5.26 Å². The van der Waals surface area contributed by atoms with E-state index >= 15 is 0 Å². The summed E-state index contributed by atoms with van der Waals surface area (Å²) in [7, 11) is 1.54. The molecule has 1 aliphatic heterocycles. The Hall–Kier alpha value is -2.72. The highest BCUT2D eigenvalue weighted by molar-refractivity contribution is 6.37. The van der Waals surface area contributed by atoms with E-state index in [1.807, 2.05) is 19.1 Å². The number of hydrogen-bond donors (Lipinski definition) is 1. The number of piperidine rings is 1. The van der Waals surface area contributed by atoms with Crippen LogP contribution in [0.4, 0.5) is 11.4 Å². The van der Waals surface area contributed by atoms with Crippen molar-refractivity contribution in [3.05, 3.63) is 51.6 Å². The Kier molecular flexibility index (Phi) is 7.67. The molecule has 0 atom stereocenters. The lowest BCUT2D eigenvalue weighted by Gasteiger charge is -2.31. The minimum atomic E-state index is 0.410. The monoisotopic (exact) mass is 498 g/mol. The molecule has 0 radical (unpaired) electrons. The number of methoxy groups -OCH3 is 1. The van der Waals surface area contributed by atoms with E-state index in [0.29, 0.717) is 45.3 Å². The predicted octanol–water partition coefficient (Wildman–Crippen LogP) is 6.58. The topological polar surface area (TPSA) is 70.4 Å². The summed E-state index contributed by atoms with van der Waals surface area (Å²) in [5, 5.41) is 14.7. The minimum Gasteiger partial charge on any atom is -0.495 e. The number of likely N-dealkylation sites (tertiary alicyclic amines) is 1. The number of hydrogen-bond acceptors (Lipinski definition) is 6. The number of nitriles is 1. The Morgan fingerprint density at radius 2 is 1.91 bits per heavy atom. The van der Waals surface area contributed by atoms with Gasteiger partial charge in [0.05, 0.1) is 46.2 Å². The van der Waals surface area contributed by atoms with Crippen LogP contribution in [0.25, 0.3) is 10.9 Å². The lowest BCUT2D eigenvalue weighted by atomic mass is 9.98. The zero-order chi connectivity index (χ0) is 24.2. The van der Waals surface area contributed by atoms with Crippen molar-refractivity contribution in [3.8, 4) is 17.6 Å². The van der Waals surface area contributed by atoms with E-state index < -0.39 is 0 Å². The second-order valence-electron chi connectivity index (χ2n) is 8.57. The molecular weight excluding hydrogens is 471 g/mol. The van der Waals surface area contributed by atoms with Crippen molar-refractivity contribution in [2.45, 2.75) is 26.7 Å². The van der Waals surface area contributed by atoms with Crippen LogP contribution in [0.3, 0.4) is 0 Å². The van der Waals surface area contributed by atoms with E-state index in [1.54, 1.807) is 25.4 Å². The molecule has 34 heavy (non-hydrogen) atoms. The molecule has 0 spiro atoms. The van der Waals surface area contributed by atoms with Crippen molar-refractivity contribution in [3.63, 3.8) is 0 Å². The van der Waals surface area contributed by atoms with Gasteiger partial charge in [-0.15, -0.1) is 0 Å². The molecule has 178 valence electrons. The number of rotatable bonds is 7. The molecule has 4 rings (SSSR count). The standard InChI is InChI=1S/C26H28Cl2N4O2/c1-4-32-7-5-17(6-8-32)15-34-24-11-22-19(9-16(24)2)26(18(13-29)14-30-22)31-23-12-25(33-3)21(28)10-20(23)27/h9-12,14,17H,4-8,15H2,1-3H3,(H,30,31). The van der Waals surface area contributed by atoms with Crippen LogP contribution in [0.2, 0.25) is 10.0 Å². The maximum atomic E-state index is 9.72. The molecule has 2 heterocycles. The summed E-state index contributed by atoms with van der Waals surface area (Å²) in [5.74, 6) is 1.87. The van der Waals surface area contributed by atoms with Crippen molar-refractivity contribution in [1.82, 2.24) is 9.88 Å². The molecule has 0 unspecified atom stereocenters. The first-order valence-electron chi connectivity index (χ1n) is 11.4. The molecule has 1 aromatic heterocycles. The molecule has 1 aliphatic rings. The van der Waals surface area contributed by atoms with Crippen molar-refractivity contribution in [2.24, 2.45) is 5.92 Å². The third-order valence-corrected chi connectivity index (χ3v) is 7.02. The molecule has 2 aromatic carbocycles. The molecule has 0 aliphatic carbocycles. The zero-order valence-corrected chi connectivity index (χ0v) is 21.1. The normalized spacial score (nSPS) is 14.7. The summed E-state index contributed by atoms with van der Waals surface area (Å²) in [6, 6.07) is 9.49. The van der Waals surface area contributed by atoms with Crippen LogP contribution < -0.4 is 14.8 Å². The van der Waals surface area contributed by atoms with Crippen LogP contribution in [0, 0.1) is 24.2 Å². The number of ether oxygens (including phenoxy) is 2. The van der Waals surface area contributed by atoms with Crippen molar-refractivity contribution in [1.29, 1.82) is 5.26 Å².